The highest BCUT2D eigenvalue weighted by molar-refractivity contribution is 5.65. The zero-order chi connectivity index (χ0) is 9.19. The van der Waals surface area contributed by atoms with E-state index in [2.05, 4.69) is 10.3 Å². The van der Waals surface area contributed by atoms with Crippen molar-refractivity contribution in [2.75, 3.05) is 0 Å². The number of oxime groups is 1. The minimum absolute atomic E-state index is 0.372. The maximum absolute atomic E-state index is 8.40. The van der Waals surface area contributed by atoms with Gasteiger partial charge < -0.3 is 5.21 Å². The van der Waals surface area contributed by atoms with E-state index in [0.29, 0.717) is 0 Å². The molecule has 0 amide bonds. The summed E-state index contributed by atoms with van der Waals surface area (Å²) in [5.41, 5.74) is 0.581. The minimum Gasteiger partial charge on any atom is -0.411 e. The van der Waals surface area contributed by atoms with Gasteiger partial charge in [-0.1, -0.05) is 5.16 Å². The Hall–Kier alpha value is -1.32. The van der Waals surface area contributed by atoms with Crippen molar-refractivity contribution in [3.05, 3.63) is 18.0 Å². The summed E-state index contributed by atoms with van der Waals surface area (Å²) in [5.74, 6) is 0. The molecule has 4 nitrogen and oxygen atoms in total. The zero-order valence-electron chi connectivity index (χ0n) is 7.52. The first-order valence-corrected chi connectivity index (χ1v) is 3.77. The van der Waals surface area contributed by atoms with Crippen LogP contribution in [0.5, 0.6) is 0 Å². The SMILES string of the molecule is Cc1ccn(C(C)(C)C=NO)n1. The van der Waals surface area contributed by atoms with Gasteiger partial charge in [-0.05, 0) is 26.8 Å². The summed E-state index contributed by atoms with van der Waals surface area (Å²) in [6, 6.07) is 1.91. The van der Waals surface area contributed by atoms with E-state index in [4.69, 9.17) is 5.21 Å². The van der Waals surface area contributed by atoms with E-state index in [1.54, 1.807) is 4.68 Å². The Morgan fingerprint density at radius 2 is 2.33 bits per heavy atom. The number of hydrogen-bond donors (Lipinski definition) is 1. The zero-order valence-corrected chi connectivity index (χ0v) is 7.52. The standard InChI is InChI=1S/C8H13N3O/c1-7-4-5-11(10-7)8(2,3)6-9-12/h4-6,12H,1-3H3. The molecule has 0 aliphatic rings. The van der Waals surface area contributed by atoms with Crippen molar-refractivity contribution >= 4 is 6.21 Å². The van der Waals surface area contributed by atoms with Crippen LogP contribution in [0.1, 0.15) is 19.5 Å². The highest BCUT2D eigenvalue weighted by atomic mass is 16.4. The predicted molar refractivity (Wildman–Crippen MR) is 46.6 cm³/mol. The smallest absolute Gasteiger partial charge is 0.0953 e. The van der Waals surface area contributed by atoms with Crippen LogP contribution >= 0.6 is 0 Å². The summed E-state index contributed by atoms with van der Waals surface area (Å²) >= 11 is 0. The molecule has 0 bridgehead atoms. The second-order valence-electron chi connectivity index (χ2n) is 3.30. The molecule has 0 aromatic carbocycles. The maximum atomic E-state index is 8.40. The molecule has 0 aliphatic heterocycles. The van der Waals surface area contributed by atoms with Crippen molar-refractivity contribution in [2.24, 2.45) is 5.16 Å². The summed E-state index contributed by atoms with van der Waals surface area (Å²) in [7, 11) is 0. The van der Waals surface area contributed by atoms with Crippen LogP contribution in [0.25, 0.3) is 0 Å². The number of aromatic nitrogens is 2. The molecule has 0 unspecified atom stereocenters. The Morgan fingerprint density at radius 3 is 2.75 bits per heavy atom. The normalized spacial score (nSPS) is 12.6. The van der Waals surface area contributed by atoms with Gasteiger partial charge in [-0.3, -0.25) is 4.68 Å². The first-order chi connectivity index (χ1) is 5.56. The van der Waals surface area contributed by atoms with Crippen LogP contribution in [0.15, 0.2) is 17.4 Å². The number of rotatable bonds is 2. The molecule has 4 heteroatoms. The molecule has 1 rings (SSSR count). The maximum Gasteiger partial charge on any atom is 0.0953 e. The molecule has 1 aromatic heterocycles. The Morgan fingerprint density at radius 1 is 1.67 bits per heavy atom. The second-order valence-corrected chi connectivity index (χ2v) is 3.30. The Labute approximate surface area is 71.5 Å². The van der Waals surface area contributed by atoms with E-state index < -0.39 is 0 Å². The third kappa shape index (κ3) is 1.64. The molecule has 0 saturated carbocycles. The van der Waals surface area contributed by atoms with Gasteiger partial charge in [-0.25, -0.2) is 0 Å². The van der Waals surface area contributed by atoms with Crippen LogP contribution in [-0.2, 0) is 5.54 Å². The largest absolute Gasteiger partial charge is 0.411 e. The molecular formula is C8H13N3O. The molecule has 1 N–H and O–H groups in total. The molecule has 1 heterocycles. The lowest BCUT2D eigenvalue weighted by Crippen LogP contribution is -2.28. The summed E-state index contributed by atoms with van der Waals surface area (Å²) < 4.78 is 1.75. The van der Waals surface area contributed by atoms with E-state index in [1.165, 1.54) is 6.21 Å². The van der Waals surface area contributed by atoms with Gasteiger partial charge >= 0.3 is 0 Å². The minimum atomic E-state index is -0.372. The van der Waals surface area contributed by atoms with Crippen molar-refractivity contribution in [3.8, 4) is 0 Å². The molecule has 0 fully saturated rings. The van der Waals surface area contributed by atoms with Gasteiger partial charge in [0.15, 0.2) is 0 Å². The van der Waals surface area contributed by atoms with Gasteiger partial charge in [0.05, 0.1) is 17.4 Å². The summed E-state index contributed by atoms with van der Waals surface area (Å²) in [5, 5.41) is 15.6. The van der Waals surface area contributed by atoms with Crippen LogP contribution < -0.4 is 0 Å². The third-order valence-corrected chi connectivity index (χ3v) is 1.69. The molecule has 0 radical (unpaired) electrons. The fraction of sp³-hybridized carbons (Fsp3) is 0.500. The summed E-state index contributed by atoms with van der Waals surface area (Å²) in [6.07, 6.45) is 3.30. The van der Waals surface area contributed by atoms with E-state index >= 15 is 0 Å². The topological polar surface area (TPSA) is 50.4 Å². The predicted octanol–water partition coefficient (Wildman–Crippen LogP) is 1.39. The first kappa shape index (κ1) is 8.77. The average molecular weight is 167 g/mol. The highest BCUT2D eigenvalue weighted by Crippen LogP contribution is 2.10. The lowest BCUT2D eigenvalue weighted by atomic mass is 10.1. The Bertz CT molecular complexity index is 288. The fourth-order valence-corrected chi connectivity index (χ4v) is 0.936. The van der Waals surface area contributed by atoms with Crippen molar-refractivity contribution in [3.63, 3.8) is 0 Å². The number of hydrogen-bond acceptors (Lipinski definition) is 3. The Balaban J connectivity index is 2.96. The second kappa shape index (κ2) is 2.97. The molecular weight excluding hydrogens is 154 g/mol. The van der Waals surface area contributed by atoms with E-state index in [9.17, 15) is 0 Å². The van der Waals surface area contributed by atoms with Gasteiger partial charge in [0.25, 0.3) is 0 Å². The number of nitrogens with zero attached hydrogens (tertiary/aromatic N) is 3. The van der Waals surface area contributed by atoms with Gasteiger partial charge in [-0.2, -0.15) is 5.10 Å². The lowest BCUT2D eigenvalue weighted by molar-refractivity contribution is 0.310. The van der Waals surface area contributed by atoms with Gasteiger partial charge in [0, 0.05) is 6.20 Å². The van der Waals surface area contributed by atoms with Gasteiger partial charge in [-0.15, -0.1) is 0 Å². The molecule has 0 atom stereocenters. The Kier molecular flexibility index (Phi) is 2.17. The average Bonchev–Trinajstić information content (AvgIpc) is 2.36. The fourth-order valence-electron chi connectivity index (χ4n) is 0.936. The molecule has 66 valence electrons. The third-order valence-electron chi connectivity index (χ3n) is 1.69. The van der Waals surface area contributed by atoms with E-state index in [1.807, 2.05) is 33.0 Å². The monoisotopic (exact) mass is 167 g/mol. The molecule has 0 spiro atoms. The van der Waals surface area contributed by atoms with Crippen LogP contribution in [-0.4, -0.2) is 21.2 Å². The lowest BCUT2D eigenvalue weighted by Gasteiger charge is -2.18. The van der Waals surface area contributed by atoms with Crippen molar-refractivity contribution in [1.82, 2.24) is 9.78 Å². The quantitative estimate of drug-likeness (QED) is 0.411. The van der Waals surface area contributed by atoms with Crippen LogP contribution in [0.4, 0.5) is 0 Å². The summed E-state index contributed by atoms with van der Waals surface area (Å²) in [6.45, 7) is 5.75. The molecule has 0 aliphatic carbocycles. The van der Waals surface area contributed by atoms with Crippen LogP contribution in [0, 0.1) is 6.92 Å². The van der Waals surface area contributed by atoms with Crippen molar-refractivity contribution in [1.29, 1.82) is 0 Å². The highest BCUT2D eigenvalue weighted by Gasteiger charge is 2.17. The first-order valence-electron chi connectivity index (χ1n) is 3.77. The van der Waals surface area contributed by atoms with Crippen molar-refractivity contribution in [2.45, 2.75) is 26.3 Å². The van der Waals surface area contributed by atoms with E-state index in [-0.39, 0.29) is 5.54 Å². The van der Waals surface area contributed by atoms with Crippen molar-refractivity contribution < 1.29 is 5.21 Å². The molecule has 12 heavy (non-hydrogen) atoms. The van der Waals surface area contributed by atoms with Gasteiger partial charge in [0.2, 0.25) is 0 Å². The number of aryl methyl sites for hydroxylation is 1. The van der Waals surface area contributed by atoms with E-state index in [0.717, 1.165) is 5.69 Å². The molecule has 0 saturated heterocycles. The molecule has 1 aromatic rings. The van der Waals surface area contributed by atoms with Crippen LogP contribution in [0.2, 0.25) is 0 Å². The van der Waals surface area contributed by atoms with Gasteiger partial charge in [0.1, 0.15) is 0 Å². The summed E-state index contributed by atoms with van der Waals surface area (Å²) in [4.78, 5) is 0. The van der Waals surface area contributed by atoms with Crippen LogP contribution in [0.3, 0.4) is 0 Å².